The number of benzene rings is 2. The van der Waals surface area contributed by atoms with Crippen LogP contribution in [0.4, 0.5) is 17.3 Å². The molecule has 0 aliphatic rings. The van der Waals surface area contributed by atoms with E-state index in [1.807, 2.05) is 11.3 Å². The zero-order chi connectivity index (χ0) is 16.7. The molecule has 0 unspecified atom stereocenters. The summed E-state index contributed by atoms with van der Waals surface area (Å²) in [6.07, 6.45) is 0. The Hall–Kier alpha value is -2.21. The van der Waals surface area contributed by atoms with Crippen LogP contribution in [0.25, 0.3) is 20.9 Å². The van der Waals surface area contributed by atoms with Crippen molar-refractivity contribution in [1.29, 1.82) is 0 Å². The van der Waals surface area contributed by atoms with Crippen LogP contribution in [0.1, 0.15) is 0 Å². The Morgan fingerprint density at radius 1 is 0.522 bits per heavy atom. The molecule has 1 aromatic heterocycles. The van der Waals surface area contributed by atoms with Gasteiger partial charge in [-0.05, 0) is 24.3 Å². The lowest BCUT2D eigenvalue weighted by Crippen LogP contribution is -2.02. The van der Waals surface area contributed by atoms with Gasteiger partial charge in [0, 0.05) is 23.3 Å². The van der Waals surface area contributed by atoms with E-state index in [1.54, 1.807) is 0 Å². The second kappa shape index (κ2) is 7.88. The summed E-state index contributed by atoms with van der Waals surface area (Å²) in [5, 5.41) is 0. The smallest absolute Gasteiger partial charge is 0.418 e. The number of rotatable bonds is 2. The van der Waals surface area contributed by atoms with E-state index in [9.17, 15) is 17.3 Å². The fraction of sp³-hybridized carbons (Fsp3) is 0. The van der Waals surface area contributed by atoms with Gasteiger partial charge in [0.05, 0.1) is 0 Å². The van der Waals surface area contributed by atoms with Crippen LogP contribution < -0.4 is 0 Å². The minimum absolute atomic E-state index is 1.28. The summed E-state index contributed by atoms with van der Waals surface area (Å²) in [4.78, 5) is 2.61. The van der Waals surface area contributed by atoms with Crippen LogP contribution in [0.2, 0.25) is 0 Å². The number of hydrogen-bond acceptors (Lipinski definition) is 0. The molecule has 0 aliphatic heterocycles. The Balaban J connectivity index is 0.000000338. The number of hydrogen-bond donors (Lipinski definition) is 0. The van der Waals surface area contributed by atoms with Gasteiger partial charge in [0.25, 0.3) is 0 Å². The molecule has 0 fully saturated rings. The first-order chi connectivity index (χ1) is 10.9. The minimum atomic E-state index is -6.00. The number of halogens is 4. The molecule has 0 radical (unpaired) electrons. The predicted molar refractivity (Wildman–Crippen MR) is 89.8 cm³/mol. The van der Waals surface area contributed by atoms with Crippen molar-refractivity contribution < 1.29 is 17.3 Å². The van der Waals surface area contributed by atoms with Crippen molar-refractivity contribution in [2.75, 3.05) is 0 Å². The maximum Gasteiger partial charge on any atom is 0.673 e. The van der Waals surface area contributed by atoms with Crippen LogP contribution in [0, 0.1) is 0 Å². The van der Waals surface area contributed by atoms with Crippen LogP contribution in [0.5, 0.6) is 0 Å². The molecule has 23 heavy (non-hydrogen) atoms. The van der Waals surface area contributed by atoms with E-state index in [4.69, 9.17) is 0 Å². The zero-order valence-electron chi connectivity index (χ0n) is 12.0. The van der Waals surface area contributed by atoms with E-state index >= 15 is 0 Å². The van der Waals surface area contributed by atoms with Gasteiger partial charge >= 0.3 is 7.25 Å². The second-order valence-corrected chi connectivity index (χ2v) is 5.67. The third-order valence-corrected chi connectivity index (χ3v) is 4.02. The summed E-state index contributed by atoms with van der Waals surface area (Å²) in [5.74, 6) is 0. The van der Waals surface area contributed by atoms with Gasteiger partial charge in [-0.1, -0.05) is 42.5 Å². The lowest BCUT2D eigenvalue weighted by Gasteiger charge is -1.94. The fourth-order valence-electron chi connectivity index (χ4n) is 1.92. The summed E-state index contributed by atoms with van der Waals surface area (Å²) in [5.41, 5.74) is 2.56. The minimum Gasteiger partial charge on any atom is -0.418 e. The molecule has 1 heterocycles. The van der Waals surface area contributed by atoms with Gasteiger partial charge in [-0.15, -0.1) is 0 Å². The standard InChI is InChI=1S/C17H13S.BF4/c1-3-8-14(9-4-1)16-12-7-13-17(18-16)15-10-5-2-6-11-15;2-1(3,4)5/h1-13H;/q+1;-1. The summed E-state index contributed by atoms with van der Waals surface area (Å²) in [7, 11) is -6.00. The average molecular weight is 336 g/mol. The molecule has 0 nitrogen and oxygen atoms in total. The lowest BCUT2D eigenvalue weighted by atomic mass is 10.2. The van der Waals surface area contributed by atoms with E-state index < -0.39 is 7.25 Å². The molecular formula is C17H13BF4S. The first-order valence-corrected chi connectivity index (χ1v) is 7.66. The summed E-state index contributed by atoms with van der Waals surface area (Å²) < 4.78 is 39.0. The molecule has 0 amide bonds. The van der Waals surface area contributed by atoms with Crippen molar-refractivity contribution in [2.24, 2.45) is 0 Å². The van der Waals surface area contributed by atoms with Gasteiger partial charge in [-0.2, -0.15) is 0 Å². The molecule has 0 aliphatic carbocycles. The highest BCUT2D eigenvalue weighted by molar-refractivity contribution is 7.18. The van der Waals surface area contributed by atoms with Crippen molar-refractivity contribution in [2.45, 2.75) is 0 Å². The van der Waals surface area contributed by atoms with Crippen molar-refractivity contribution >= 4 is 18.6 Å². The van der Waals surface area contributed by atoms with Crippen molar-refractivity contribution in [3.8, 4) is 20.9 Å². The topological polar surface area (TPSA) is 0 Å². The second-order valence-electron chi connectivity index (χ2n) is 4.58. The van der Waals surface area contributed by atoms with Gasteiger partial charge < -0.3 is 17.3 Å². The van der Waals surface area contributed by atoms with E-state index in [0.717, 1.165) is 0 Å². The highest BCUT2D eigenvalue weighted by atomic mass is 32.1. The molecule has 0 spiro atoms. The fourth-order valence-corrected chi connectivity index (χ4v) is 2.96. The summed E-state index contributed by atoms with van der Waals surface area (Å²) in [6, 6.07) is 27.5. The Bertz CT molecular complexity index is 670. The van der Waals surface area contributed by atoms with Gasteiger partial charge in [0.1, 0.15) is 0 Å². The van der Waals surface area contributed by atoms with Gasteiger partial charge in [0.15, 0.2) is 0 Å². The predicted octanol–water partition coefficient (Wildman–Crippen LogP) is 6.66. The molecule has 2 aromatic carbocycles. The Morgan fingerprint density at radius 3 is 1.22 bits per heavy atom. The van der Waals surface area contributed by atoms with Crippen molar-refractivity contribution in [3.63, 3.8) is 0 Å². The van der Waals surface area contributed by atoms with Crippen LogP contribution >= 0.6 is 11.3 Å². The van der Waals surface area contributed by atoms with E-state index in [2.05, 4.69) is 78.9 Å². The molecule has 3 aromatic rings. The van der Waals surface area contributed by atoms with Crippen molar-refractivity contribution in [1.82, 2.24) is 0 Å². The Morgan fingerprint density at radius 2 is 0.870 bits per heavy atom. The molecule has 0 atom stereocenters. The zero-order valence-corrected chi connectivity index (χ0v) is 12.8. The highest BCUT2D eigenvalue weighted by Gasteiger charge is 2.20. The van der Waals surface area contributed by atoms with Crippen LogP contribution in [-0.4, -0.2) is 7.25 Å². The molecule has 3 rings (SSSR count). The van der Waals surface area contributed by atoms with Crippen LogP contribution in [-0.2, 0) is 0 Å². The van der Waals surface area contributed by atoms with Crippen LogP contribution in [0.15, 0.2) is 78.9 Å². The third-order valence-electron chi connectivity index (χ3n) is 2.83. The Labute approximate surface area is 136 Å². The molecular weight excluding hydrogens is 323 g/mol. The van der Waals surface area contributed by atoms with E-state index in [0.29, 0.717) is 0 Å². The monoisotopic (exact) mass is 336 g/mol. The summed E-state index contributed by atoms with van der Waals surface area (Å²) >= 11 is 1.83. The Kier molecular flexibility index (Phi) is 5.87. The molecule has 0 saturated heterocycles. The van der Waals surface area contributed by atoms with E-state index in [1.165, 1.54) is 20.9 Å². The maximum atomic E-state index is 9.75. The summed E-state index contributed by atoms with van der Waals surface area (Å²) in [6.45, 7) is 0. The van der Waals surface area contributed by atoms with Crippen molar-refractivity contribution in [3.05, 3.63) is 78.9 Å². The van der Waals surface area contributed by atoms with Gasteiger partial charge in [-0.25, -0.2) is 0 Å². The first-order valence-electron chi connectivity index (χ1n) is 6.85. The van der Waals surface area contributed by atoms with Gasteiger partial charge in [0.2, 0.25) is 21.1 Å². The third kappa shape index (κ3) is 6.20. The van der Waals surface area contributed by atoms with Gasteiger partial charge in [-0.3, -0.25) is 0 Å². The largest absolute Gasteiger partial charge is 0.673 e. The maximum absolute atomic E-state index is 9.75. The quantitative estimate of drug-likeness (QED) is 0.279. The molecule has 0 N–H and O–H groups in total. The average Bonchev–Trinajstić information content (AvgIpc) is 2.55. The molecule has 0 saturated carbocycles. The highest BCUT2D eigenvalue weighted by Crippen LogP contribution is 2.31. The van der Waals surface area contributed by atoms with E-state index in [-0.39, 0.29) is 0 Å². The molecule has 6 heteroatoms. The lowest BCUT2D eigenvalue weighted by molar-refractivity contribution is 0.368. The first kappa shape index (κ1) is 17.2. The molecule has 118 valence electrons. The SMILES string of the molecule is F[B-](F)(F)F.c1ccc(-c2cccc(-c3ccccc3)[s+]2)cc1. The van der Waals surface area contributed by atoms with Crippen LogP contribution in [0.3, 0.4) is 0 Å². The molecule has 0 bridgehead atoms. The normalized spacial score (nSPS) is 10.6.